The highest BCUT2D eigenvalue weighted by Crippen LogP contribution is 2.31. The lowest BCUT2D eigenvalue weighted by molar-refractivity contribution is -0.146. The summed E-state index contributed by atoms with van der Waals surface area (Å²) in [6.07, 6.45) is 2.29. The molecule has 0 radical (unpaired) electrons. The average molecular weight is 252 g/mol. The Morgan fingerprint density at radius 1 is 1.56 bits per heavy atom. The molecule has 1 aromatic rings. The minimum atomic E-state index is -0.226. The van der Waals surface area contributed by atoms with Crippen LogP contribution in [0.5, 0.6) is 0 Å². The van der Waals surface area contributed by atoms with Crippen molar-refractivity contribution in [1.29, 1.82) is 0 Å². The van der Waals surface area contributed by atoms with Crippen LogP contribution in [0.2, 0.25) is 0 Å². The SMILES string of the molecule is COC(=O)[C@@H](C)N(Cc1c(C)noc1C)C1CC1. The number of aromatic nitrogens is 1. The van der Waals surface area contributed by atoms with Crippen LogP contribution in [0.15, 0.2) is 4.52 Å². The molecule has 0 N–H and O–H groups in total. The van der Waals surface area contributed by atoms with Crippen molar-refractivity contribution in [2.75, 3.05) is 7.11 Å². The highest BCUT2D eigenvalue weighted by molar-refractivity contribution is 5.75. The van der Waals surface area contributed by atoms with E-state index in [-0.39, 0.29) is 12.0 Å². The molecule has 5 heteroatoms. The van der Waals surface area contributed by atoms with Crippen molar-refractivity contribution in [2.24, 2.45) is 0 Å². The summed E-state index contributed by atoms with van der Waals surface area (Å²) in [5.74, 6) is 0.642. The van der Waals surface area contributed by atoms with Crippen LogP contribution in [0, 0.1) is 13.8 Å². The van der Waals surface area contributed by atoms with Gasteiger partial charge in [0.1, 0.15) is 11.8 Å². The van der Waals surface area contributed by atoms with Gasteiger partial charge in [0.15, 0.2) is 0 Å². The third-order valence-corrected chi connectivity index (χ3v) is 3.58. The number of aryl methyl sites for hydroxylation is 2. The quantitative estimate of drug-likeness (QED) is 0.748. The van der Waals surface area contributed by atoms with E-state index in [1.807, 2.05) is 20.8 Å². The van der Waals surface area contributed by atoms with Gasteiger partial charge in [0.05, 0.1) is 12.8 Å². The van der Waals surface area contributed by atoms with Gasteiger partial charge < -0.3 is 9.26 Å². The fourth-order valence-corrected chi connectivity index (χ4v) is 2.20. The number of esters is 1. The number of carbonyl (C=O) groups excluding carboxylic acids is 1. The lowest BCUT2D eigenvalue weighted by Gasteiger charge is -2.26. The molecular formula is C13H20N2O3. The molecule has 1 fully saturated rings. The Morgan fingerprint density at radius 2 is 2.22 bits per heavy atom. The minimum absolute atomic E-state index is 0.186. The molecule has 0 aromatic carbocycles. The molecule has 18 heavy (non-hydrogen) atoms. The van der Waals surface area contributed by atoms with Crippen LogP contribution >= 0.6 is 0 Å². The van der Waals surface area contributed by atoms with E-state index in [1.54, 1.807) is 0 Å². The Kier molecular flexibility index (Phi) is 3.71. The Bertz CT molecular complexity index is 418. The van der Waals surface area contributed by atoms with Gasteiger partial charge in [0.2, 0.25) is 0 Å². The summed E-state index contributed by atoms with van der Waals surface area (Å²) in [6.45, 7) is 6.42. The molecule has 1 heterocycles. The molecule has 0 bridgehead atoms. The van der Waals surface area contributed by atoms with Crippen LogP contribution in [-0.2, 0) is 16.1 Å². The molecule has 1 aromatic heterocycles. The van der Waals surface area contributed by atoms with Crippen molar-refractivity contribution in [2.45, 2.75) is 52.2 Å². The summed E-state index contributed by atoms with van der Waals surface area (Å²) in [7, 11) is 1.43. The predicted octanol–water partition coefficient (Wildman–Crippen LogP) is 1.82. The first-order chi connectivity index (χ1) is 8.54. The summed E-state index contributed by atoms with van der Waals surface area (Å²) in [6, 6.07) is 0.254. The zero-order valence-electron chi connectivity index (χ0n) is 11.4. The van der Waals surface area contributed by atoms with Gasteiger partial charge >= 0.3 is 5.97 Å². The lowest BCUT2D eigenvalue weighted by atomic mass is 10.1. The smallest absolute Gasteiger partial charge is 0.322 e. The van der Waals surface area contributed by atoms with Crippen LogP contribution in [0.1, 0.15) is 36.8 Å². The van der Waals surface area contributed by atoms with Crippen LogP contribution in [0.3, 0.4) is 0 Å². The Labute approximate surface area is 107 Å². The molecule has 1 atom stereocenters. The van der Waals surface area contributed by atoms with E-state index >= 15 is 0 Å². The first-order valence-electron chi connectivity index (χ1n) is 6.30. The van der Waals surface area contributed by atoms with Gasteiger partial charge in [-0.2, -0.15) is 0 Å². The molecule has 1 saturated carbocycles. The van der Waals surface area contributed by atoms with Gasteiger partial charge in [0.25, 0.3) is 0 Å². The van der Waals surface area contributed by atoms with Crippen LogP contribution in [0.25, 0.3) is 0 Å². The largest absolute Gasteiger partial charge is 0.468 e. The summed E-state index contributed by atoms with van der Waals surface area (Å²) in [4.78, 5) is 13.9. The van der Waals surface area contributed by atoms with Gasteiger partial charge in [0, 0.05) is 18.2 Å². The van der Waals surface area contributed by atoms with Crippen molar-refractivity contribution in [1.82, 2.24) is 10.1 Å². The van der Waals surface area contributed by atoms with E-state index in [0.29, 0.717) is 12.6 Å². The standard InChI is InChI=1S/C13H20N2O3/c1-8-12(10(3)18-14-8)7-15(11-5-6-11)9(2)13(16)17-4/h9,11H,5-7H2,1-4H3/t9-/m1/s1. The molecule has 0 aliphatic heterocycles. The van der Waals surface area contributed by atoms with E-state index in [9.17, 15) is 4.79 Å². The molecule has 0 spiro atoms. The summed E-state index contributed by atoms with van der Waals surface area (Å²) in [5.41, 5.74) is 1.98. The Balaban J connectivity index is 2.14. The third-order valence-electron chi connectivity index (χ3n) is 3.58. The van der Waals surface area contributed by atoms with E-state index < -0.39 is 0 Å². The Hall–Kier alpha value is -1.36. The molecular weight excluding hydrogens is 232 g/mol. The maximum Gasteiger partial charge on any atom is 0.322 e. The van der Waals surface area contributed by atoms with Gasteiger partial charge in [-0.05, 0) is 33.6 Å². The average Bonchev–Trinajstić information content (AvgIpc) is 3.14. The molecule has 100 valence electrons. The highest BCUT2D eigenvalue weighted by atomic mass is 16.5. The van der Waals surface area contributed by atoms with Crippen molar-refractivity contribution < 1.29 is 14.1 Å². The number of hydrogen-bond acceptors (Lipinski definition) is 5. The van der Waals surface area contributed by atoms with Gasteiger partial charge in [-0.15, -0.1) is 0 Å². The summed E-state index contributed by atoms with van der Waals surface area (Å²) in [5, 5.41) is 3.96. The number of methoxy groups -OCH3 is 1. The second-order valence-corrected chi connectivity index (χ2v) is 4.91. The predicted molar refractivity (Wildman–Crippen MR) is 66.0 cm³/mol. The summed E-state index contributed by atoms with van der Waals surface area (Å²) >= 11 is 0. The van der Waals surface area contributed by atoms with Crippen molar-refractivity contribution in [3.63, 3.8) is 0 Å². The highest BCUT2D eigenvalue weighted by Gasteiger charge is 2.36. The number of ether oxygens (including phenoxy) is 1. The molecule has 0 amide bonds. The first-order valence-corrected chi connectivity index (χ1v) is 6.30. The number of nitrogens with zero attached hydrogens (tertiary/aromatic N) is 2. The molecule has 1 aliphatic carbocycles. The van der Waals surface area contributed by atoms with Gasteiger partial charge in [-0.1, -0.05) is 5.16 Å². The minimum Gasteiger partial charge on any atom is -0.468 e. The second kappa shape index (κ2) is 5.10. The number of rotatable bonds is 5. The molecule has 5 nitrogen and oxygen atoms in total. The third kappa shape index (κ3) is 2.56. The maximum atomic E-state index is 11.7. The number of hydrogen-bond donors (Lipinski definition) is 0. The van der Waals surface area contributed by atoms with Crippen LogP contribution in [-0.4, -0.2) is 35.2 Å². The second-order valence-electron chi connectivity index (χ2n) is 4.91. The zero-order chi connectivity index (χ0) is 13.3. The van der Waals surface area contributed by atoms with Crippen molar-refractivity contribution in [3.8, 4) is 0 Å². The topological polar surface area (TPSA) is 55.6 Å². The molecule has 0 saturated heterocycles. The van der Waals surface area contributed by atoms with E-state index in [2.05, 4.69) is 10.1 Å². The normalized spacial score (nSPS) is 16.9. The Morgan fingerprint density at radius 3 is 2.67 bits per heavy atom. The van der Waals surface area contributed by atoms with Crippen LogP contribution < -0.4 is 0 Å². The molecule has 1 aliphatic rings. The van der Waals surface area contributed by atoms with E-state index in [1.165, 1.54) is 7.11 Å². The van der Waals surface area contributed by atoms with Gasteiger partial charge in [-0.25, -0.2) is 0 Å². The molecule has 0 unspecified atom stereocenters. The lowest BCUT2D eigenvalue weighted by Crippen LogP contribution is -2.40. The van der Waals surface area contributed by atoms with Crippen molar-refractivity contribution in [3.05, 3.63) is 17.0 Å². The first kappa shape index (κ1) is 13.1. The molecule has 2 rings (SSSR count). The number of carbonyl (C=O) groups is 1. The fraction of sp³-hybridized carbons (Fsp3) is 0.692. The fourth-order valence-electron chi connectivity index (χ4n) is 2.20. The zero-order valence-corrected chi connectivity index (χ0v) is 11.4. The van der Waals surface area contributed by atoms with E-state index in [0.717, 1.165) is 29.9 Å². The monoisotopic (exact) mass is 252 g/mol. The van der Waals surface area contributed by atoms with Gasteiger partial charge in [-0.3, -0.25) is 9.69 Å². The summed E-state index contributed by atoms with van der Waals surface area (Å²) < 4.78 is 10.0. The maximum absolute atomic E-state index is 11.7. The van der Waals surface area contributed by atoms with Crippen LogP contribution in [0.4, 0.5) is 0 Å². The van der Waals surface area contributed by atoms with E-state index in [4.69, 9.17) is 9.26 Å². The van der Waals surface area contributed by atoms with Crippen molar-refractivity contribution >= 4 is 5.97 Å².